The molecule has 5 nitrogen and oxygen atoms in total. The zero-order valence-electron chi connectivity index (χ0n) is 18.1. The van der Waals surface area contributed by atoms with Gasteiger partial charge >= 0.3 is 0 Å². The molecule has 1 aliphatic heterocycles. The van der Waals surface area contributed by atoms with Gasteiger partial charge in [0.25, 0.3) is 0 Å². The minimum atomic E-state index is -0.0115. The number of carbonyl (C=O) groups is 2. The fourth-order valence-corrected chi connectivity index (χ4v) is 3.90. The summed E-state index contributed by atoms with van der Waals surface area (Å²) in [6.45, 7) is 5.14. The molecule has 4 rings (SSSR count). The van der Waals surface area contributed by atoms with Crippen molar-refractivity contribution < 1.29 is 14.0 Å². The molecule has 0 spiro atoms. The zero-order valence-corrected chi connectivity index (χ0v) is 18.1. The Bertz CT molecular complexity index is 1070. The van der Waals surface area contributed by atoms with Crippen LogP contribution >= 0.6 is 0 Å². The minimum absolute atomic E-state index is 0.00453. The van der Waals surface area contributed by atoms with Crippen LogP contribution in [0.4, 0.5) is 5.69 Å². The van der Waals surface area contributed by atoms with E-state index in [1.54, 1.807) is 0 Å². The molecule has 5 heteroatoms. The molecule has 0 radical (unpaired) electrons. The highest BCUT2D eigenvalue weighted by Crippen LogP contribution is 2.31. The number of anilines is 1. The average Bonchev–Trinajstić information content (AvgIpc) is 3.21. The summed E-state index contributed by atoms with van der Waals surface area (Å²) in [5, 5.41) is 2.99. The maximum absolute atomic E-state index is 12.4. The van der Waals surface area contributed by atoms with E-state index in [9.17, 15) is 9.59 Å². The number of hydrogen-bond acceptors (Lipinski definition) is 3. The number of aryl methyl sites for hydroxylation is 1. The maximum atomic E-state index is 12.4. The lowest BCUT2D eigenvalue weighted by Crippen LogP contribution is -2.37. The van der Waals surface area contributed by atoms with Crippen LogP contribution in [0.25, 0.3) is 11.3 Å². The van der Waals surface area contributed by atoms with Gasteiger partial charge in [0, 0.05) is 48.7 Å². The molecule has 3 aromatic rings. The van der Waals surface area contributed by atoms with Gasteiger partial charge in [-0.3, -0.25) is 9.59 Å². The van der Waals surface area contributed by atoms with Crippen molar-refractivity contribution in [1.82, 2.24) is 4.90 Å². The van der Waals surface area contributed by atoms with E-state index in [1.165, 1.54) is 0 Å². The van der Waals surface area contributed by atoms with Gasteiger partial charge in [-0.15, -0.1) is 0 Å². The Hall–Kier alpha value is -3.34. The number of carbonyl (C=O) groups excluding carboxylic acids is 2. The monoisotopic (exact) mass is 416 g/mol. The Morgan fingerprint density at radius 1 is 1.06 bits per heavy atom. The molecule has 0 bridgehead atoms. The first-order valence-electron chi connectivity index (χ1n) is 10.8. The number of amides is 2. The summed E-state index contributed by atoms with van der Waals surface area (Å²) in [6.07, 6.45) is 1.87. The predicted octanol–water partition coefficient (Wildman–Crippen LogP) is 5.06. The van der Waals surface area contributed by atoms with Crippen molar-refractivity contribution in [3.05, 3.63) is 77.6 Å². The highest BCUT2D eigenvalue weighted by Gasteiger charge is 2.25. The van der Waals surface area contributed by atoms with E-state index >= 15 is 0 Å². The van der Waals surface area contributed by atoms with Gasteiger partial charge in [0.05, 0.1) is 0 Å². The largest absolute Gasteiger partial charge is 0.461 e. The second-order valence-corrected chi connectivity index (χ2v) is 8.34. The normalized spacial score (nSPS) is 13.2. The Labute approximate surface area is 183 Å². The molecular weight excluding hydrogens is 388 g/mol. The lowest BCUT2D eigenvalue weighted by atomic mass is 10.1. The minimum Gasteiger partial charge on any atom is -0.461 e. The number of nitrogens with zero attached hydrogens (tertiary/aromatic N) is 1. The lowest BCUT2D eigenvalue weighted by molar-refractivity contribution is -0.135. The van der Waals surface area contributed by atoms with Crippen LogP contribution in [0.15, 0.2) is 65.1 Å². The fourth-order valence-electron chi connectivity index (χ4n) is 3.90. The number of benzene rings is 2. The molecule has 160 valence electrons. The zero-order chi connectivity index (χ0) is 21.8. The first-order valence-corrected chi connectivity index (χ1v) is 10.8. The molecule has 0 aliphatic carbocycles. The molecule has 0 saturated carbocycles. The molecule has 0 saturated heterocycles. The van der Waals surface area contributed by atoms with Crippen LogP contribution in [0.2, 0.25) is 0 Å². The van der Waals surface area contributed by atoms with E-state index in [4.69, 9.17) is 4.42 Å². The third-order valence-corrected chi connectivity index (χ3v) is 5.59. The third kappa shape index (κ3) is 5.05. The Morgan fingerprint density at radius 2 is 1.87 bits per heavy atom. The molecule has 0 atom stereocenters. The number of nitrogens with one attached hydrogen (secondary N) is 1. The number of fused-ring (bicyclic) bond motifs is 1. The first kappa shape index (κ1) is 20.9. The summed E-state index contributed by atoms with van der Waals surface area (Å²) in [7, 11) is 0. The van der Waals surface area contributed by atoms with Gasteiger partial charge in [-0.2, -0.15) is 0 Å². The second-order valence-electron chi connectivity index (χ2n) is 8.34. The highest BCUT2D eigenvalue weighted by atomic mass is 16.3. The molecule has 2 amide bonds. The number of hydrogen-bond donors (Lipinski definition) is 1. The predicted molar refractivity (Wildman–Crippen MR) is 121 cm³/mol. The van der Waals surface area contributed by atoms with Gasteiger partial charge in [0.15, 0.2) is 0 Å². The van der Waals surface area contributed by atoms with Crippen molar-refractivity contribution in [3.8, 4) is 11.3 Å². The van der Waals surface area contributed by atoms with Gasteiger partial charge < -0.3 is 14.6 Å². The van der Waals surface area contributed by atoms with Gasteiger partial charge in [0.1, 0.15) is 11.5 Å². The molecule has 0 fully saturated rings. The summed E-state index contributed by atoms with van der Waals surface area (Å²) in [5.41, 5.74) is 3.88. The van der Waals surface area contributed by atoms with Gasteiger partial charge in [-0.1, -0.05) is 56.3 Å². The number of rotatable bonds is 6. The highest BCUT2D eigenvalue weighted by molar-refractivity contribution is 5.91. The smallest absolute Gasteiger partial charge is 0.225 e. The Morgan fingerprint density at radius 3 is 2.65 bits per heavy atom. The summed E-state index contributed by atoms with van der Waals surface area (Å²) >= 11 is 0. The van der Waals surface area contributed by atoms with Crippen LogP contribution < -0.4 is 5.32 Å². The fraction of sp³-hybridized carbons (Fsp3) is 0.308. The van der Waals surface area contributed by atoms with Crippen molar-refractivity contribution in [3.63, 3.8) is 0 Å². The molecule has 1 aliphatic rings. The summed E-state index contributed by atoms with van der Waals surface area (Å²) in [5.74, 6) is 1.87. The quantitative estimate of drug-likeness (QED) is 0.611. The molecule has 1 N–H and O–H groups in total. The third-order valence-electron chi connectivity index (χ3n) is 5.59. The lowest BCUT2D eigenvalue weighted by Gasteiger charge is -2.27. The summed E-state index contributed by atoms with van der Waals surface area (Å²) in [6, 6.07) is 19.7. The topological polar surface area (TPSA) is 62.6 Å². The van der Waals surface area contributed by atoms with Gasteiger partial charge in [-0.25, -0.2) is 0 Å². The van der Waals surface area contributed by atoms with Crippen LogP contribution in [0.3, 0.4) is 0 Å². The Balaban J connectivity index is 1.42. The van der Waals surface area contributed by atoms with Crippen LogP contribution in [0.1, 0.15) is 37.2 Å². The van der Waals surface area contributed by atoms with Gasteiger partial charge in [0.2, 0.25) is 11.8 Å². The van der Waals surface area contributed by atoms with Gasteiger partial charge in [-0.05, 0) is 30.2 Å². The second kappa shape index (κ2) is 9.21. The van der Waals surface area contributed by atoms with E-state index in [0.29, 0.717) is 25.9 Å². The van der Waals surface area contributed by atoms with E-state index in [2.05, 4.69) is 5.32 Å². The molecular formula is C26H28N2O3. The maximum Gasteiger partial charge on any atom is 0.225 e. The summed E-state index contributed by atoms with van der Waals surface area (Å²) < 4.78 is 6.10. The van der Waals surface area contributed by atoms with E-state index in [1.807, 2.05) is 79.4 Å². The molecule has 31 heavy (non-hydrogen) atoms. The first-order chi connectivity index (χ1) is 15.0. The van der Waals surface area contributed by atoms with Crippen molar-refractivity contribution in [2.45, 2.75) is 39.7 Å². The standard InChI is InChI=1S/C26H28N2O3/c1-18(2)26(30)28-14-13-23-21(17-28)16-24(31-23)20-9-6-10-22(15-20)27-25(29)12-11-19-7-4-3-5-8-19/h3-10,15-16,18H,11-14,17H2,1-2H3,(H,27,29). The SMILES string of the molecule is CC(C)C(=O)N1CCc2oc(-c3cccc(NC(=O)CCc4ccccc4)c3)cc2C1. The van der Waals surface area contributed by atoms with Crippen LogP contribution in [-0.2, 0) is 29.0 Å². The average molecular weight is 417 g/mol. The van der Waals surface area contributed by atoms with Crippen molar-refractivity contribution in [2.24, 2.45) is 5.92 Å². The van der Waals surface area contributed by atoms with Crippen molar-refractivity contribution in [1.29, 1.82) is 0 Å². The molecule has 0 unspecified atom stereocenters. The van der Waals surface area contributed by atoms with Crippen LogP contribution in [0.5, 0.6) is 0 Å². The van der Waals surface area contributed by atoms with E-state index in [-0.39, 0.29) is 17.7 Å². The van der Waals surface area contributed by atoms with Crippen molar-refractivity contribution in [2.75, 3.05) is 11.9 Å². The Kier molecular flexibility index (Phi) is 6.21. The van der Waals surface area contributed by atoms with Crippen LogP contribution in [-0.4, -0.2) is 23.3 Å². The van der Waals surface area contributed by atoms with E-state index in [0.717, 1.165) is 40.3 Å². The van der Waals surface area contributed by atoms with Crippen LogP contribution in [0, 0.1) is 5.92 Å². The molecule has 2 aromatic carbocycles. The number of furan rings is 1. The molecule has 2 heterocycles. The van der Waals surface area contributed by atoms with Crippen molar-refractivity contribution >= 4 is 17.5 Å². The summed E-state index contributed by atoms with van der Waals surface area (Å²) in [4.78, 5) is 26.6. The molecule has 1 aromatic heterocycles. The van der Waals surface area contributed by atoms with E-state index < -0.39 is 0 Å².